The molecule has 0 saturated carbocycles. The molecule has 0 aliphatic heterocycles. The molecule has 4 nitrogen and oxygen atoms in total. The molecule has 0 saturated heterocycles. The Hall–Kier alpha value is -1.72. The van der Waals surface area contributed by atoms with Crippen LogP contribution in [0.2, 0.25) is 0 Å². The number of carbonyl (C=O) groups is 1. The Morgan fingerprint density at radius 3 is 2.71 bits per heavy atom. The molecule has 0 fully saturated rings. The van der Waals surface area contributed by atoms with Gasteiger partial charge in [-0.3, -0.25) is 4.79 Å². The van der Waals surface area contributed by atoms with Gasteiger partial charge in [0.2, 0.25) is 0 Å². The lowest BCUT2D eigenvalue weighted by molar-refractivity contribution is 0.0499. The van der Waals surface area contributed by atoms with Gasteiger partial charge in [0.15, 0.2) is 0 Å². The van der Waals surface area contributed by atoms with Gasteiger partial charge in [0, 0.05) is 17.3 Å². The zero-order valence-electron chi connectivity index (χ0n) is 12.2. The van der Waals surface area contributed by atoms with Gasteiger partial charge in [0.1, 0.15) is 5.69 Å². The Labute approximate surface area is 128 Å². The molecule has 2 aromatic rings. The highest BCUT2D eigenvalue weighted by atomic mass is 32.1. The molecule has 1 heterocycles. The van der Waals surface area contributed by atoms with Crippen LogP contribution in [0.5, 0.6) is 0 Å². The number of thiazole rings is 1. The number of nitrogens with zero attached hydrogens (tertiary/aromatic N) is 1. The van der Waals surface area contributed by atoms with Crippen molar-refractivity contribution in [2.24, 2.45) is 5.41 Å². The second-order valence-corrected chi connectivity index (χ2v) is 6.27. The van der Waals surface area contributed by atoms with Gasteiger partial charge in [-0.15, -0.1) is 11.3 Å². The van der Waals surface area contributed by atoms with Crippen LogP contribution in [0, 0.1) is 5.41 Å². The molecule has 21 heavy (non-hydrogen) atoms. The molecule has 112 valence electrons. The number of rotatable bonds is 6. The van der Waals surface area contributed by atoms with Crippen molar-refractivity contribution in [2.75, 3.05) is 6.54 Å². The average Bonchev–Trinajstić information content (AvgIpc) is 3.00. The van der Waals surface area contributed by atoms with E-state index in [-0.39, 0.29) is 5.91 Å². The largest absolute Gasteiger partial charge is 0.393 e. The fourth-order valence-corrected chi connectivity index (χ4v) is 2.65. The maximum atomic E-state index is 12.0. The van der Waals surface area contributed by atoms with Gasteiger partial charge in [-0.1, -0.05) is 37.3 Å². The summed E-state index contributed by atoms with van der Waals surface area (Å²) >= 11 is 1.39. The topological polar surface area (TPSA) is 62.2 Å². The number of benzene rings is 1. The first kappa shape index (κ1) is 15.7. The number of carbonyl (C=O) groups excluding carboxylic acids is 1. The second-order valence-electron chi connectivity index (χ2n) is 5.55. The second kappa shape index (κ2) is 6.83. The predicted molar refractivity (Wildman–Crippen MR) is 84.4 cm³/mol. The maximum Gasteiger partial charge on any atom is 0.270 e. The summed E-state index contributed by atoms with van der Waals surface area (Å²) in [5.74, 6) is -0.198. The van der Waals surface area contributed by atoms with Crippen LogP contribution < -0.4 is 5.32 Å². The molecular weight excluding hydrogens is 284 g/mol. The average molecular weight is 304 g/mol. The molecule has 2 atom stereocenters. The number of aliphatic hydroxyl groups is 1. The third-order valence-corrected chi connectivity index (χ3v) is 4.36. The van der Waals surface area contributed by atoms with Crippen molar-refractivity contribution < 1.29 is 9.90 Å². The molecule has 0 aliphatic carbocycles. The third kappa shape index (κ3) is 4.12. The molecule has 1 amide bonds. The van der Waals surface area contributed by atoms with Crippen molar-refractivity contribution >= 4 is 17.2 Å². The number of aromatic nitrogens is 1. The molecular formula is C16H20N2O2S. The summed E-state index contributed by atoms with van der Waals surface area (Å²) in [5, 5.41) is 14.7. The van der Waals surface area contributed by atoms with Crippen LogP contribution in [0.25, 0.3) is 0 Å². The van der Waals surface area contributed by atoms with Gasteiger partial charge in [-0.25, -0.2) is 4.98 Å². The molecule has 1 aromatic carbocycles. The molecule has 5 heteroatoms. The number of nitrogens with one attached hydrogen (secondary N) is 1. The first-order chi connectivity index (χ1) is 10.0. The van der Waals surface area contributed by atoms with Crippen molar-refractivity contribution in [3.8, 4) is 0 Å². The van der Waals surface area contributed by atoms with Crippen LogP contribution >= 0.6 is 11.3 Å². The minimum Gasteiger partial charge on any atom is -0.393 e. The van der Waals surface area contributed by atoms with Gasteiger partial charge in [-0.05, 0) is 18.9 Å². The smallest absolute Gasteiger partial charge is 0.270 e. The van der Waals surface area contributed by atoms with E-state index in [1.165, 1.54) is 11.3 Å². The fourth-order valence-electron chi connectivity index (χ4n) is 2.12. The monoisotopic (exact) mass is 304 g/mol. The van der Waals surface area contributed by atoms with E-state index >= 15 is 0 Å². The molecule has 0 unspecified atom stereocenters. The van der Waals surface area contributed by atoms with E-state index in [4.69, 9.17) is 0 Å². The summed E-state index contributed by atoms with van der Waals surface area (Å²) in [5.41, 5.74) is 2.77. The van der Waals surface area contributed by atoms with Crippen LogP contribution in [0.1, 0.15) is 29.9 Å². The number of amides is 1. The van der Waals surface area contributed by atoms with E-state index in [2.05, 4.69) is 10.3 Å². The van der Waals surface area contributed by atoms with E-state index in [1.54, 1.807) is 17.8 Å². The van der Waals surface area contributed by atoms with E-state index in [0.29, 0.717) is 18.7 Å². The summed E-state index contributed by atoms with van der Waals surface area (Å²) in [6.45, 7) is 4.14. The van der Waals surface area contributed by atoms with Crippen LogP contribution in [0.15, 0.2) is 41.2 Å². The highest BCUT2D eigenvalue weighted by Crippen LogP contribution is 2.26. The minimum atomic E-state index is -0.534. The lowest BCUT2D eigenvalue weighted by Gasteiger charge is -2.33. The van der Waals surface area contributed by atoms with Crippen LogP contribution in [0.3, 0.4) is 0 Å². The van der Waals surface area contributed by atoms with E-state index in [9.17, 15) is 9.90 Å². The summed E-state index contributed by atoms with van der Waals surface area (Å²) in [4.78, 5) is 16.0. The first-order valence-corrected chi connectivity index (χ1v) is 7.84. The van der Waals surface area contributed by atoms with Crippen LogP contribution in [0.4, 0.5) is 0 Å². The zero-order chi connectivity index (χ0) is 15.3. The van der Waals surface area contributed by atoms with Gasteiger partial charge in [0.25, 0.3) is 5.91 Å². The molecule has 0 bridgehead atoms. The van der Waals surface area contributed by atoms with E-state index in [1.807, 2.05) is 37.3 Å². The quantitative estimate of drug-likeness (QED) is 0.862. The minimum absolute atomic E-state index is 0.198. The molecule has 0 spiro atoms. The van der Waals surface area contributed by atoms with E-state index in [0.717, 1.165) is 5.56 Å². The highest BCUT2D eigenvalue weighted by Gasteiger charge is 2.31. The Morgan fingerprint density at radius 1 is 1.43 bits per heavy atom. The summed E-state index contributed by atoms with van der Waals surface area (Å²) in [7, 11) is 0. The van der Waals surface area contributed by atoms with Gasteiger partial charge in [-0.2, -0.15) is 0 Å². The first-order valence-electron chi connectivity index (χ1n) is 6.90. The predicted octanol–water partition coefficient (Wildman–Crippen LogP) is 2.50. The third-order valence-electron chi connectivity index (χ3n) is 3.78. The van der Waals surface area contributed by atoms with Crippen molar-refractivity contribution in [3.05, 3.63) is 52.5 Å². The van der Waals surface area contributed by atoms with Crippen molar-refractivity contribution in [1.82, 2.24) is 10.3 Å². The Morgan fingerprint density at radius 2 is 2.14 bits per heavy atom. The Balaban J connectivity index is 2.03. The van der Waals surface area contributed by atoms with Crippen LogP contribution in [-0.4, -0.2) is 28.6 Å². The Bertz CT molecular complexity index is 569. The number of hydrogen-bond acceptors (Lipinski definition) is 4. The zero-order valence-corrected chi connectivity index (χ0v) is 13.1. The molecule has 2 N–H and O–H groups in total. The molecule has 0 aliphatic rings. The molecule has 0 radical (unpaired) electrons. The van der Waals surface area contributed by atoms with Crippen molar-refractivity contribution in [3.63, 3.8) is 0 Å². The van der Waals surface area contributed by atoms with Crippen molar-refractivity contribution in [1.29, 1.82) is 0 Å². The van der Waals surface area contributed by atoms with Gasteiger partial charge >= 0.3 is 0 Å². The highest BCUT2D eigenvalue weighted by molar-refractivity contribution is 7.07. The number of hydrogen-bond donors (Lipinski definition) is 2. The normalized spacial score (nSPS) is 15.2. The van der Waals surface area contributed by atoms with Crippen molar-refractivity contribution in [2.45, 2.75) is 26.4 Å². The fraction of sp³-hybridized carbons (Fsp3) is 0.375. The maximum absolute atomic E-state index is 12.0. The van der Waals surface area contributed by atoms with Gasteiger partial charge < -0.3 is 10.4 Å². The lowest BCUT2D eigenvalue weighted by atomic mass is 9.79. The number of aliphatic hydroxyl groups excluding tert-OH is 1. The summed E-state index contributed by atoms with van der Waals surface area (Å²) in [6, 6.07) is 9.98. The standard InChI is InChI=1S/C16H20N2O2S/c1-12(19)16(2,8-13-6-4-3-5-7-13)10-17-15(20)14-9-21-11-18-14/h3-7,9,11-12,19H,8,10H2,1-2H3,(H,17,20)/t12-,16+/m1/s1. The van der Waals surface area contributed by atoms with Crippen LogP contribution in [-0.2, 0) is 6.42 Å². The lowest BCUT2D eigenvalue weighted by Crippen LogP contribution is -2.43. The molecule has 1 aromatic heterocycles. The SMILES string of the molecule is C[C@@H](O)[C@](C)(CNC(=O)c1cscn1)Cc1ccccc1. The van der Waals surface area contributed by atoms with Gasteiger partial charge in [0.05, 0.1) is 11.6 Å². The summed E-state index contributed by atoms with van der Waals surface area (Å²) in [6.07, 6.45) is 0.163. The Kier molecular flexibility index (Phi) is 5.09. The summed E-state index contributed by atoms with van der Waals surface area (Å²) < 4.78 is 0. The molecule has 2 rings (SSSR count). The van der Waals surface area contributed by atoms with E-state index < -0.39 is 11.5 Å².